The summed E-state index contributed by atoms with van der Waals surface area (Å²) in [5.74, 6) is 6.18. The summed E-state index contributed by atoms with van der Waals surface area (Å²) in [6.07, 6.45) is 1.83. The maximum Gasteiger partial charge on any atom is 0.0340 e. The molecule has 0 aliphatic carbocycles. The van der Waals surface area contributed by atoms with Gasteiger partial charge in [0, 0.05) is 12.8 Å². The second-order valence-electron chi connectivity index (χ2n) is 2.87. The molecule has 0 saturated heterocycles. The largest absolute Gasteiger partial charge is 0.103 e. The molecule has 0 heteroatoms. The normalized spacial score (nSPS) is 8.83. The van der Waals surface area contributed by atoms with Gasteiger partial charge in [0.1, 0.15) is 0 Å². The molecule has 0 saturated carbocycles. The molecule has 1 aromatic rings. The molecule has 0 heterocycles. The van der Waals surface area contributed by atoms with E-state index in [0.717, 1.165) is 12.8 Å². The fraction of sp³-hybridized carbons (Fsp3) is 0.333. The molecule has 12 heavy (non-hydrogen) atoms. The third kappa shape index (κ3) is 2.80. The van der Waals surface area contributed by atoms with E-state index in [2.05, 4.69) is 50.0 Å². The third-order valence-electron chi connectivity index (χ3n) is 1.71. The molecule has 0 amide bonds. The van der Waals surface area contributed by atoms with E-state index in [1.54, 1.807) is 0 Å². The molecule has 0 N–H and O–H groups in total. The first-order chi connectivity index (χ1) is 5.83. The molecule has 0 bridgehead atoms. The fourth-order valence-corrected chi connectivity index (χ4v) is 0.995. The number of hydrogen-bond acceptors (Lipinski definition) is 0. The van der Waals surface area contributed by atoms with E-state index in [4.69, 9.17) is 0 Å². The lowest BCUT2D eigenvalue weighted by atomic mass is 10.1. The van der Waals surface area contributed by atoms with E-state index < -0.39 is 0 Å². The van der Waals surface area contributed by atoms with Gasteiger partial charge in [0.05, 0.1) is 0 Å². The van der Waals surface area contributed by atoms with Crippen molar-refractivity contribution in [2.45, 2.75) is 26.7 Å². The van der Waals surface area contributed by atoms with Crippen LogP contribution in [-0.4, -0.2) is 0 Å². The van der Waals surface area contributed by atoms with Crippen molar-refractivity contribution in [1.82, 2.24) is 0 Å². The molecular weight excluding hydrogens is 144 g/mol. The average molecular weight is 158 g/mol. The average Bonchev–Trinajstić information content (AvgIpc) is 2.09. The van der Waals surface area contributed by atoms with E-state index in [-0.39, 0.29) is 0 Å². The van der Waals surface area contributed by atoms with Gasteiger partial charge in [-0.25, -0.2) is 0 Å². The van der Waals surface area contributed by atoms with Crippen LogP contribution in [0.2, 0.25) is 0 Å². The van der Waals surface area contributed by atoms with Gasteiger partial charge in [-0.3, -0.25) is 0 Å². The summed E-state index contributed by atoms with van der Waals surface area (Å²) < 4.78 is 0. The minimum atomic E-state index is 0.883. The van der Waals surface area contributed by atoms with Crippen LogP contribution in [0.3, 0.4) is 0 Å². The SMILES string of the molecule is CCC#CCc1ccc(C)cc1. The highest BCUT2D eigenvalue weighted by atomic mass is 13.9. The summed E-state index contributed by atoms with van der Waals surface area (Å²) >= 11 is 0. The Morgan fingerprint density at radius 1 is 1.08 bits per heavy atom. The van der Waals surface area contributed by atoms with Crippen molar-refractivity contribution in [2.75, 3.05) is 0 Å². The summed E-state index contributed by atoms with van der Waals surface area (Å²) in [5.41, 5.74) is 2.61. The number of hydrogen-bond donors (Lipinski definition) is 0. The van der Waals surface area contributed by atoms with Gasteiger partial charge in [-0.05, 0) is 12.5 Å². The van der Waals surface area contributed by atoms with Gasteiger partial charge in [-0.1, -0.05) is 42.7 Å². The van der Waals surface area contributed by atoms with Crippen LogP contribution in [0.1, 0.15) is 24.5 Å². The van der Waals surface area contributed by atoms with Gasteiger partial charge >= 0.3 is 0 Å². The molecule has 0 nitrogen and oxygen atoms in total. The molecule has 1 aromatic carbocycles. The summed E-state index contributed by atoms with van der Waals surface area (Å²) in [4.78, 5) is 0. The van der Waals surface area contributed by atoms with Crippen LogP contribution in [0.5, 0.6) is 0 Å². The zero-order valence-electron chi connectivity index (χ0n) is 7.72. The summed E-state index contributed by atoms with van der Waals surface area (Å²) in [6.45, 7) is 4.17. The standard InChI is InChI=1S/C12H14/c1-3-4-5-6-12-9-7-11(2)8-10-12/h7-10H,3,6H2,1-2H3. The molecule has 0 aromatic heterocycles. The van der Waals surface area contributed by atoms with E-state index in [0.29, 0.717) is 0 Å². The Kier molecular flexibility index (Phi) is 3.41. The zero-order valence-corrected chi connectivity index (χ0v) is 7.72. The lowest BCUT2D eigenvalue weighted by Gasteiger charge is -1.94. The first kappa shape index (κ1) is 8.87. The molecule has 0 spiro atoms. The minimum Gasteiger partial charge on any atom is -0.103 e. The minimum absolute atomic E-state index is 0.883. The highest BCUT2D eigenvalue weighted by Gasteiger charge is 1.87. The first-order valence-electron chi connectivity index (χ1n) is 4.34. The van der Waals surface area contributed by atoms with E-state index in [9.17, 15) is 0 Å². The lowest BCUT2D eigenvalue weighted by molar-refractivity contribution is 1.25. The Morgan fingerprint density at radius 3 is 2.33 bits per heavy atom. The van der Waals surface area contributed by atoms with Crippen molar-refractivity contribution in [1.29, 1.82) is 0 Å². The predicted molar refractivity (Wildman–Crippen MR) is 53.0 cm³/mol. The van der Waals surface area contributed by atoms with Crippen LogP contribution in [-0.2, 0) is 6.42 Å². The maximum absolute atomic E-state index is 3.12. The quantitative estimate of drug-likeness (QED) is 0.551. The van der Waals surface area contributed by atoms with Crippen LogP contribution in [0, 0.1) is 18.8 Å². The maximum atomic E-state index is 3.12. The van der Waals surface area contributed by atoms with Crippen molar-refractivity contribution in [2.24, 2.45) is 0 Å². The zero-order chi connectivity index (χ0) is 8.81. The van der Waals surface area contributed by atoms with Gasteiger partial charge in [-0.15, -0.1) is 5.92 Å². The Bertz CT molecular complexity index is 282. The summed E-state index contributed by atoms with van der Waals surface area (Å²) in [7, 11) is 0. The Hall–Kier alpha value is -1.22. The molecule has 0 aliphatic heterocycles. The number of aryl methyl sites for hydroxylation is 1. The van der Waals surface area contributed by atoms with Crippen molar-refractivity contribution >= 4 is 0 Å². The fourth-order valence-electron chi connectivity index (χ4n) is 0.995. The van der Waals surface area contributed by atoms with E-state index in [1.807, 2.05) is 0 Å². The number of rotatable bonds is 1. The lowest BCUT2D eigenvalue weighted by Crippen LogP contribution is -1.80. The second-order valence-corrected chi connectivity index (χ2v) is 2.87. The van der Waals surface area contributed by atoms with Crippen molar-refractivity contribution < 1.29 is 0 Å². The topological polar surface area (TPSA) is 0 Å². The summed E-state index contributed by atoms with van der Waals surface area (Å²) in [5, 5.41) is 0. The second kappa shape index (κ2) is 4.62. The van der Waals surface area contributed by atoms with Crippen molar-refractivity contribution in [3.8, 4) is 11.8 Å². The molecule has 0 fully saturated rings. The highest BCUT2D eigenvalue weighted by molar-refractivity contribution is 5.24. The molecule has 0 atom stereocenters. The predicted octanol–water partition coefficient (Wildman–Crippen LogP) is 2.95. The molecular formula is C12H14. The Morgan fingerprint density at radius 2 is 1.75 bits per heavy atom. The molecule has 62 valence electrons. The van der Waals surface area contributed by atoms with Crippen LogP contribution in [0.4, 0.5) is 0 Å². The van der Waals surface area contributed by atoms with Crippen molar-refractivity contribution in [3.05, 3.63) is 35.4 Å². The molecule has 0 radical (unpaired) electrons. The van der Waals surface area contributed by atoms with Gasteiger partial charge in [-0.2, -0.15) is 0 Å². The Labute approximate surface area is 74.6 Å². The molecule has 0 aliphatic rings. The smallest absolute Gasteiger partial charge is 0.0340 e. The van der Waals surface area contributed by atoms with Crippen LogP contribution < -0.4 is 0 Å². The Balaban J connectivity index is 2.59. The number of benzene rings is 1. The van der Waals surface area contributed by atoms with Crippen LogP contribution >= 0.6 is 0 Å². The first-order valence-corrected chi connectivity index (χ1v) is 4.34. The highest BCUT2D eigenvalue weighted by Crippen LogP contribution is 2.02. The molecule has 1 rings (SSSR count). The van der Waals surface area contributed by atoms with E-state index in [1.165, 1.54) is 11.1 Å². The van der Waals surface area contributed by atoms with Gasteiger partial charge in [0.15, 0.2) is 0 Å². The third-order valence-corrected chi connectivity index (χ3v) is 1.71. The van der Waals surface area contributed by atoms with E-state index >= 15 is 0 Å². The van der Waals surface area contributed by atoms with Crippen LogP contribution in [0.15, 0.2) is 24.3 Å². The monoisotopic (exact) mass is 158 g/mol. The van der Waals surface area contributed by atoms with Gasteiger partial charge in [0.2, 0.25) is 0 Å². The molecule has 0 unspecified atom stereocenters. The van der Waals surface area contributed by atoms with Gasteiger partial charge in [0.25, 0.3) is 0 Å². The summed E-state index contributed by atoms with van der Waals surface area (Å²) in [6, 6.07) is 8.53. The van der Waals surface area contributed by atoms with Crippen molar-refractivity contribution in [3.63, 3.8) is 0 Å². The van der Waals surface area contributed by atoms with Gasteiger partial charge < -0.3 is 0 Å². The van der Waals surface area contributed by atoms with Crippen LogP contribution in [0.25, 0.3) is 0 Å².